The lowest BCUT2D eigenvalue weighted by molar-refractivity contribution is 1.08. The van der Waals surface area contributed by atoms with E-state index in [0.29, 0.717) is 12.4 Å². The van der Waals surface area contributed by atoms with Crippen LogP contribution in [0.15, 0.2) is 29.3 Å². The molecule has 0 aliphatic heterocycles. The Labute approximate surface area is 82.1 Å². The van der Waals surface area contributed by atoms with Gasteiger partial charge in [-0.3, -0.25) is 0 Å². The van der Waals surface area contributed by atoms with Gasteiger partial charge in [-0.05, 0) is 23.3 Å². The first-order valence-electron chi connectivity index (χ1n) is 3.54. The Morgan fingerprint density at radius 1 is 1.25 bits per heavy atom. The summed E-state index contributed by atoms with van der Waals surface area (Å²) in [5.41, 5.74) is 2.24. The van der Waals surface area contributed by atoms with Gasteiger partial charge >= 0.3 is 0 Å². The Bertz CT molecular complexity index is 288. The fourth-order valence-electron chi connectivity index (χ4n) is 0.857. The molecule has 0 saturated carbocycles. The molecule has 0 radical (unpaired) electrons. The van der Waals surface area contributed by atoms with Crippen molar-refractivity contribution in [3.63, 3.8) is 0 Å². The predicted octanol–water partition coefficient (Wildman–Crippen LogP) is 3.03. The number of halogens is 1. The first kappa shape index (κ1) is 9.40. The van der Waals surface area contributed by atoms with Crippen LogP contribution in [0, 0.1) is 0 Å². The average molecular weight is 198 g/mol. The van der Waals surface area contributed by atoms with E-state index in [1.807, 2.05) is 24.3 Å². The van der Waals surface area contributed by atoms with Crippen LogP contribution >= 0.6 is 23.8 Å². The number of nitrogens with zero attached hydrogens (tertiary/aromatic N) is 1. The van der Waals surface area contributed by atoms with Gasteiger partial charge in [0.15, 0.2) is 0 Å². The monoisotopic (exact) mass is 197 g/mol. The number of rotatable bonds is 3. The van der Waals surface area contributed by atoms with Gasteiger partial charge in [0, 0.05) is 5.88 Å². The van der Waals surface area contributed by atoms with Crippen LogP contribution in [-0.4, -0.2) is 5.16 Å². The molecule has 0 aromatic heterocycles. The largest absolute Gasteiger partial charge is 0.228 e. The molecule has 3 heteroatoms. The van der Waals surface area contributed by atoms with Crippen LogP contribution in [0.1, 0.15) is 11.1 Å². The molecular formula is C9H8ClNS. The number of benzene rings is 1. The minimum absolute atomic E-state index is 0.552. The molecule has 0 spiro atoms. The molecule has 0 heterocycles. The van der Waals surface area contributed by atoms with E-state index in [1.54, 1.807) is 0 Å². The third kappa shape index (κ3) is 2.74. The molecule has 1 aromatic rings. The molecule has 0 atom stereocenters. The molecule has 1 nitrogen and oxygen atoms in total. The Morgan fingerprint density at radius 3 is 2.33 bits per heavy atom. The number of hydrogen-bond donors (Lipinski definition) is 0. The van der Waals surface area contributed by atoms with E-state index in [4.69, 9.17) is 11.6 Å². The summed E-state index contributed by atoms with van der Waals surface area (Å²) < 4.78 is 0. The summed E-state index contributed by atoms with van der Waals surface area (Å²) in [6.07, 6.45) is 0. The first-order chi connectivity index (χ1) is 5.86. The highest BCUT2D eigenvalue weighted by molar-refractivity contribution is 7.78. The summed E-state index contributed by atoms with van der Waals surface area (Å²) in [7, 11) is 0. The lowest BCUT2D eigenvalue weighted by atomic mass is 10.1. The molecule has 62 valence electrons. The summed E-state index contributed by atoms with van der Waals surface area (Å²) in [5.74, 6) is 0.552. The van der Waals surface area contributed by atoms with Crippen LogP contribution in [0.2, 0.25) is 0 Å². The molecule has 0 unspecified atom stereocenters. The molecule has 0 amide bonds. The molecule has 0 aliphatic rings. The Kier molecular flexibility index (Phi) is 3.95. The SMILES string of the molecule is S=C=NCc1ccc(CCl)cc1. The molecular weight excluding hydrogens is 190 g/mol. The quantitative estimate of drug-likeness (QED) is 0.412. The number of aliphatic imine (C=N–C) groups is 1. The molecule has 0 saturated heterocycles. The molecule has 1 aromatic carbocycles. The fourth-order valence-corrected chi connectivity index (χ4v) is 1.10. The van der Waals surface area contributed by atoms with Crippen molar-refractivity contribution in [2.45, 2.75) is 12.4 Å². The summed E-state index contributed by atoms with van der Waals surface area (Å²) in [4.78, 5) is 3.83. The number of isothiocyanates is 1. The molecule has 1 rings (SSSR count). The van der Waals surface area contributed by atoms with Crippen LogP contribution in [0.3, 0.4) is 0 Å². The van der Waals surface area contributed by atoms with Crippen molar-refractivity contribution in [3.05, 3.63) is 35.4 Å². The maximum atomic E-state index is 5.63. The van der Waals surface area contributed by atoms with E-state index in [2.05, 4.69) is 22.4 Å². The second-order valence-electron chi connectivity index (χ2n) is 2.36. The highest BCUT2D eigenvalue weighted by Crippen LogP contribution is 2.07. The van der Waals surface area contributed by atoms with Crippen LogP contribution in [-0.2, 0) is 12.4 Å². The predicted molar refractivity (Wildman–Crippen MR) is 54.7 cm³/mol. The molecule has 0 aliphatic carbocycles. The van der Waals surface area contributed by atoms with Crippen molar-refractivity contribution in [1.29, 1.82) is 0 Å². The van der Waals surface area contributed by atoms with Crippen LogP contribution in [0.5, 0.6) is 0 Å². The average Bonchev–Trinajstić information content (AvgIpc) is 2.15. The van der Waals surface area contributed by atoms with Crippen LogP contribution < -0.4 is 0 Å². The lowest BCUT2D eigenvalue weighted by Gasteiger charge is -1.96. The maximum Gasteiger partial charge on any atom is 0.0743 e. The van der Waals surface area contributed by atoms with Crippen molar-refractivity contribution in [2.24, 2.45) is 4.99 Å². The van der Waals surface area contributed by atoms with Gasteiger partial charge in [-0.15, -0.1) is 11.6 Å². The fraction of sp³-hybridized carbons (Fsp3) is 0.222. The van der Waals surface area contributed by atoms with Gasteiger partial charge in [0.1, 0.15) is 0 Å². The van der Waals surface area contributed by atoms with Gasteiger partial charge in [0.25, 0.3) is 0 Å². The third-order valence-corrected chi connectivity index (χ3v) is 1.94. The van der Waals surface area contributed by atoms with Gasteiger partial charge < -0.3 is 0 Å². The second-order valence-corrected chi connectivity index (χ2v) is 2.81. The Hall–Kier alpha value is -0.690. The van der Waals surface area contributed by atoms with E-state index in [0.717, 1.165) is 11.1 Å². The van der Waals surface area contributed by atoms with E-state index < -0.39 is 0 Å². The zero-order valence-corrected chi connectivity index (χ0v) is 8.03. The second kappa shape index (κ2) is 5.04. The standard InChI is InChI=1S/C9H8ClNS/c10-5-8-1-3-9(4-2-8)6-11-7-12/h1-4H,5-6H2. The third-order valence-electron chi connectivity index (χ3n) is 1.50. The smallest absolute Gasteiger partial charge is 0.0743 e. The van der Waals surface area contributed by atoms with Crippen molar-refractivity contribution in [2.75, 3.05) is 0 Å². The lowest BCUT2D eigenvalue weighted by Crippen LogP contribution is -1.82. The van der Waals surface area contributed by atoms with Crippen molar-refractivity contribution in [3.8, 4) is 0 Å². The van der Waals surface area contributed by atoms with E-state index in [9.17, 15) is 0 Å². The van der Waals surface area contributed by atoms with E-state index in [-0.39, 0.29) is 0 Å². The number of alkyl halides is 1. The number of hydrogen-bond acceptors (Lipinski definition) is 2. The zero-order chi connectivity index (χ0) is 8.81. The van der Waals surface area contributed by atoms with Crippen LogP contribution in [0.25, 0.3) is 0 Å². The van der Waals surface area contributed by atoms with E-state index >= 15 is 0 Å². The van der Waals surface area contributed by atoms with Crippen molar-refractivity contribution in [1.82, 2.24) is 0 Å². The highest BCUT2D eigenvalue weighted by Gasteiger charge is 1.91. The topological polar surface area (TPSA) is 12.4 Å². The maximum absolute atomic E-state index is 5.63. The van der Waals surface area contributed by atoms with Gasteiger partial charge in [-0.2, -0.15) is 0 Å². The molecule has 0 fully saturated rings. The van der Waals surface area contributed by atoms with Crippen molar-refractivity contribution < 1.29 is 0 Å². The van der Waals surface area contributed by atoms with Gasteiger partial charge in [0.05, 0.1) is 11.7 Å². The van der Waals surface area contributed by atoms with Gasteiger partial charge in [-0.1, -0.05) is 24.3 Å². The normalized spacial score (nSPS) is 9.08. The summed E-state index contributed by atoms with van der Waals surface area (Å²) >= 11 is 10.1. The molecule has 0 N–H and O–H groups in total. The molecule has 0 bridgehead atoms. The van der Waals surface area contributed by atoms with E-state index in [1.165, 1.54) is 0 Å². The van der Waals surface area contributed by atoms with Crippen molar-refractivity contribution >= 4 is 29.0 Å². The van der Waals surface area contributed by atoms with Crippen LogP contribution in [0.4, 0.5) is 0 Å². The summed E-state index contributed by atoms with van der Waals surface area (Å²) in [6, 6.07) is 7.96. The zero-order valence-electron chi connectivity index (χ0n) is 6.46. The van der Waals surface area contributed by atoms with Gasteiger partial charge in [-0.25, -0.2) is 4.99 Å². The minimum Gasteiger partial charge on any atom is -0.228 e. The summed E-state index contributed by atoms with van der Waals surface area (Å²) in [5, 5.41) is 2.33. The first-order valence-corrected chi connectivity index (χ1v) is 4.48. The summed E-state index contributed by atoms with van der Waals surface area (Å²) in [6.45, 7) is 0.603. The minimum atomic E-state index is 0.552. The Morgan fingerprint density at radius 2 is 1.83 bits per heavy atom. The Balaban J connectivity index is 2.70. The molecule has 12 heavy (non-hydrogen) atoms. The van der Waals surface area contributed by atoms with Gasteiger partial charge in [0.2, 0.25) is 0 Å². The number of thiocarbonyl (C=S) groups is 1. The highest BCUT2D eigenvalue weighted by atomic mass is 35.5.